The molecule has 0 unspecified atom stereocenters. The minimum absolute atomic E-state index is 0.0890. The lowest BCUT2D eigenvalue weighted by atomic mass is 10.0. The summed E-state index contributed by atoms with van der Waals surface area (Å²) in [4.78, 5) is 20.5. The smallest absolute Gasteiger partial charge is 0.310 e. The van der Waals surface area contributed by atoms with Crippen LogP contribution in [0.15, 0.2) is 23.1 Å². The predicted octanol–water partition coefficient (Wildman–Crippen LogP) is 1.53. The Morgan fingerprint density at radius 3 is 2.52 bits per heavy atom. The molecular formula is C13H18N2O7S. The molecule has 0 bridgehead atoms. The van der Waals surface area contributed by atoms with Crippen LogP contribution in [-0.4, -0.2) is 37.1 Å². The van der Waals surface area contributed by atoms with E-state index < -0.39 is 26.5 Å². The number of benzene rings is 1. The van der Waals surface area contributed by atoms with Gasteiger partial charge in [-0.05, 0) is 26.3 Å². The summed E-state index contributed by atoms with van der Waals surface area (Å²) in [5, 5.41) is 19.5. The van der Waals surface area contributed by atoms with Crippen LogP contribution in [0.3, 0.4) is 0 Å². The highest BCUT2D eigenvalue weighted by Crippen LogP contribution is 2.29. The first-order chi connectivity index (χ1) is 10.5. The van der Waals surface area contributed by atoms with Gasteiger partial charge in [0.05, 0.1) is 16.9 Å². The molecule has 0 radical (unpaired) electrons. The molecule has 0 atom stereocenters. The van der Waals surface area contributed by atoms with Gasteiger partial charge < -0.3 is 9.84 Å². The Bertz CT molecular complexity index is 713. The molecule has 1 aromatic carbocycles. The Hall–Kier alpha value is -2.20. The van der Waals surface area contributed by atoms with Gasteiger partial charge in [-0.15, -0.1) is 0 Å². The Labute approximate surface area is 133 Å². The lowest BCUT2D eigenvalue weighted by molar-refractivity contribution is -0.385. The Morgan fingerprint density at radius 1 is 1.43 bits per heavy atom. The van der Waals surface area contributed by atoms with Crippen LogP contribution < -0.4 is 9.46 Å². The topological polar surface area (TPSA) is 136 Å². The summed E-state index contributed by atoms with van der Waals surface area (Å²) >= 11 is 0. The summed E-state index contributed by atoms with van der Waals surface area (Å²) in [6.07, 6.45) is -0.106. The molecule has 0 saturated carbocycles. The van der Waals surface area contributed by atoms with E-state index in [1.807, 2.05) is 0 Å². The van der Waals surface area contributed by atoms with Crippen molar-refractivity contribution in [1.82, 2.24) is 4.72 Å². The van der Waals surface area contributed by atoms with Crippen LogP contribution in [0.5, 0.6) is 5.75 Å². The molecule has 128 valence electrons. The summed E-state index contributed by atoms with van der Waals surface area (Å²) in [5.41, 5.74) is -1.34. The molecule has 0 saturated heterocycles. The van der Waals surface area contributed by atoms with E-state index in [1.54, 1.807) is 13.8 Å². The second-order valence-corrected chi connectivity index (χ2v) is 7.16. The summed E-state index contributed by atoms with van der Waals surface area (Å²) in [5.74, 6) is -1.21. The molecule has 9 nitrogen and oxygen atoms in total. The Morgan fingerprint density at radius 2 is 2.04 bits per heavy atom. The number of aliphatic carboxylic acids is 1. The molecule has 0 heterocycles. The Kier molecular flexibility index (Phi) is 5.67. The van der Waals surface area contributed by atoms with Crippen LogP contribution >= 0.6 is 0 Å². The van der Waals surface area contributed by atoms with Crippen LogP contribution in [-0.2, 0) is 14.8 Å². The van der Waals surface area contributed by atoms with Crippen molar-refractivity contribution in [2.45, 2.75) is 37.1 Å². The first-order valence-corrected chi connectivity index (χ1v) is 8.05. The second kappa shape index (κ2) is 6.92. The maximum absolute atomic E-state index is 12.4. The number of nitrogens with zero attached hydrogens (tertiary/aromatic N) is 1. The number of sulfonamides is 1. The molecule has 2 N–H and O–H groups in total. The molecule has 0 aliphatic carbocycles. The molecule has 23 heavy (non-hydrogen) atoms. The number of nitrogens with one attached hydrogen (secondary N) is 1. The largest absolute Gasteiger partial charge is 0.490 e. The van der Waals surface area contributed by atoms with E-state index >= 15 is 0 Å². The Balaban J connectivity index is 3.09. The van der Waals surface area contributed by atoms with Crippen LogP contribution in [0.4, 0.5) is 5.69 Å². The number of nitro groups is 1. The number of carboxylic acid groups (broad SMARTS) is 1. The molecule has 0 aliphatic heterocycles. The van der Waals surface area contributed by atoms with E-state index in [0.29, 0.717) is 0 Å². The highest BCUT2D eigenvalue weighted by atomic mass is 32.2. The zero-order valence-electron chi connectivity index (χ0n) is 12.9. The van der Waals surface area contributed by atoms with E-state index in [0.717, 1.165) is 18.2 Å². The number of carboxylic acids is 1. The molecule has 0 spiro atoms. The molecule has 0 amide bonds. The van der Waals surface area contributed by atoms with Gasteiger partial charge in [0.25, 0.3) is 0 Å². The van der Waals surface area contributed by atoms with Crippen molar-refractivity contribution >= 4 is 21.7 Å². The zero-order valence-corrected chi connectivity index (χ0v) is 13.7. The molecule has 1 rings (SSSR count). The van der Waals surface area contributed by atoms with E-state index in [1.165, 1.54) is 7.11 Å². The van der Waals surface area contributed by atoms with Crippen LogP contribution in [0, 0.1) is 10.1 Å². The number of methoxy groups -OCH3 is 1. The lowest BCUT2D eigenvalue weighted by Crippen LogP contribution is -2.43. The third-order valence-electron chi connectivity index (χ3n) is 3.03. The fourth-order valence-electron chi connectivity index (χ4n) is 1.87. The minimum Gasteiger partial charge on any atom is -0.490 e. The van der Waals surface area contributed by atoms with Gasteiger partial charge in [0.2, 0.25) is 10.0 Å². The summed E-state index contributed by atoms with van der Waals surface area (Å²) in [6, 6.07) is 3.18. The van der Waals surface area contributed by atoms with Gasteiger partial charge in [0, 0.05) is 24.1 Å². The van der Waals surface area contributed by atoms with E-state index in [2.05, 4.69) is 4.72 Å². The number of ether oxygens (including phenoxy) is 1. The maximum atomic E-state index is 12.4. The fourth-order valence-corrected chi connectivity index (χ4v) is 3.33. The monoisotopic (exact) mass is 346 g/mol. The normalized spacial score (nSPS) is 12.0. The molecule has 10 heteroatoms. The summed E-state index contributed by atoms with van der Waals surface area (Å²) in [6.45, 7) is 3.10. The van der Waals surface area contributed by atoms with Gasteiger partial charge in [-0.3, -0.25) is 14.9 Å². The molecule has 0 aromatic heterocycles. The van der Waals surface area contributed by atoms with Crippen molar-refractivity contribution in [1.29, 1.82) is 0 Å². The van der Waals surface area contributed by atoms with Gasteiger partial charge in [-0.1, -0.05) is 0 Å². The number of nitro benzene ring substituents is 1. The van der Waals surface area contributed by atoms with Crippen LogP contribution in [0.2, 0.25) is 0 Å². The second-order valence-electron chi connectivity index (χ2n) is 5.47. The van der Waals surface area contributed by atoms with E-state index in [9.17, 15) is 23.3 Å². The van der Waals surface area contributed by atoms with E-state index in [4.69, 9.17) is 9.84 Å². The molecule has 0 aliphatic rings. The van der Waals surface area contributed by atoms with Gasteiger partial charge >= 0.3 is 11.7 Å². The first-order valence-electron chi connectivity index (χ1n) is 6.57. The standard InChI is InChI=1S/C13H18N2O7S/c1-13(2,7-6-12(16)17)14-23(20,21)9-4-5-10(15(18)19)11(8-9)22-3/h4-5,8,14H,6-7H2,1-3H3,(H,16,17). The highest BCUT2D eigenvalue weighted by Gasteiger charge is 2.28. The number of hydrogen-bond acceptors (Lipinski definition) is 6. The average molecular weight is 346 g/mol. The fraction of sp³-hybridized carbons (Fsp3) is 0.462. The van der Waals surface area contributed by atoms with Crippen LogP contribution in [0.25, 0.3) is 0 Å². The van der Waals surface area contributed by atoms with Crippen molar-refractivity contribution in [2.75, 3.05) is 7.11 Å². The van der Waals surface area contributed by atoms with Gasteiger partial charge in [-0.2, -0.15) is 0 Å². The number of hydrogen-bond donors (Lipinski definition) is 2. The maximum Gasteiger partial charge on any atom is 0.310 e. The molecule has 1 aromatic rings. The minimum atomic E-state index is -3.99. The first kappa shape index (κ1) is 18.8. The summed E-state index contributed by atoms with van der Waals surface area (Å²) in [7, 11) is -2.79. The molecular weight excluding hydrogens is 328 g/mol. The SMILES string of the molecule is COc1cc(S(=O)(=O)NC(C)(C)CCC(=O)O)ccc1[N+](=O)[O-]. The predicted molar refractivity (Wildman–Crippen MR) is 80.9 cm³/mol. The number of rotatable bonds is 8. The third-order valence-corrected chi connectivity index (χ3v) is 4.73. The number of carbonyl (C=O) groups is 1. The van der Waals surface area contributed by atoms with Crippen molar-refractivity contribution in [3.8, 4) is 5.75 Å². The molecule has 0 fully saturated rings. The van der Waals surface area contributed by atoms with Crippen LogP contribution in [0.1, 0.15) is 26.7 Å². The average Bonchev–Trinajstić information content (AvgIpc) is 2.43. The van der Waals surface area contributed by atoms with Crippen molar-refractivity contribution in [3.05, 3.63) is 28.3 Å². The van der Waals surface area contributed by atoms with Crippen molar-refractivity contribution in [2.24, 2.45) is 0 Å². The van der Waals surface area contributed by atoms with Crippen molar-refractivity contribution < 1.29 is 28.0 Å². The quantitative estimate of drug-likeness (QED) is 0.538. The third kappa shape index (κ3) is 5.18. The van der Waals surface area contributed by atoms with Crippen molar-refractivity contribution in [3.63, 3.8) is 0 Å². The van der Waals surface area contributed by atoms with E-state index in [-0.39, 0.29) is 29.2 Å². The zero-order chi connectivity index (χ0) is 17.8. The van der Waals surface area contributed by atoms with Gasteiger partial charge in [0.15, 0.2) is 5.75 Å². The van der Waals surface area contributed by atoms with Gasteiger partial charge in [0.1, 0.15) is 0 Å². The highest BCUT2D eigenvalue weighted by molar-refractivity contribution is 7.89. The summed E-state index contributed by atoms with van der Waals surface area (Å²) < 4.78 is 31.9. The lowest BCUT2D eigenvalue weighted by Gasteiger charge is -2.25. The van der Waals surface area contributed by atoms with Gasteiger partial charge in [-0.25, -0.2) is 13.1 Å².